The van der Waals surface area contributed by atoms with Gasteiger partial charge < -0.3 is 0 Å². The summed E-state index contributed by atoms with van der Waals surface area (Å²) in [5, 5.41) is 0.577. The van der Waals surface area contributed by atoms with Gasteiger partial charge in [-0.25, -0.2) is 4.90 Å². The van der Waals surface area contributed by atoms with E-state index in [1.165, 1.54) is 16.0 Å². The molecule has 1 aromatic rings. The summed E-state index contributed by atoms with van der Waals surface area (Å²) in [5.41, 5.74) is 3.88. The molecular formula is C17H18ClNO2. The minimum Gasteiger partial charge on any atom is -0.274 e. The molecule has 3 nitrogen and oxygen atoms in total. The summed E-state index contributed by atoms with van der Waals surface area (Å²) in [7, 11) is 0. The molecule has 1 fully saturated rings. The summed E-state index contributed by atoms with van der Waals surface area (Å²) >= 11 is 6.13. The van der Waals surface area contributed by atoms with E-state index in [-0.39, 0.29) is 23.7 Å². The Labute approximate surface area is 129 Å². The fourth-order valence-electron chi connectivity index (χ4n) is 3.33. The number of amides is 2. The second kappa shape index (κ2) is 4.99. The second-order valence-corrected chi connectivity index (χ2v) is 6.48. The molecule has 1 aromatic carbocycles. The van der Waals surface area contributed by atoms with Crippen LogP contribution in [0.3, 0.4) is 0 Å². The van der Waals surface area contributed by atoms with Crippen LogP contribution in [-0.4, -0.2) is 11.8 Å². The molecule has 0 bridgehead atoms. The molecule has 0 saturated carbocycles. The summed E-state index contributed by atoms with van der Waals surface area (Å²) in [5.74, 6) is -0.580. The maximum Gasteiger partial charge on any atom is 0.238 e. The van der Waals surface area contributed by atoms with E-state index in [9.17, 15) is 9.59 Å². The van der Waals surface area contributed by atoms with Gasteiger partial charge >= 0.3 is 0 Å². The van der Waals surface area contributed by atoms with Crippen LogP contribution in [0.5, 0.6) is 0 Å². The summed E-state index contributed by atoms with van der Waals surface area (Å²) in [4.78, 5) is 26.8. The molecule has 2 atom stereocenters. The number of carbonyl (C=O) groups is 2. The first-order valence-electron chi connectivity index (χ1n) is 7.20. The average molecular weight is 304 g/mol. The van der Waals surface area contributed by atoms with Gasteiger partial charge in [-0.3, -0.25) is 9.59 Å². The molecule has 1 heterocycles. The number of anilines is 1. The number of nitrogens with zero attached hydrogens (tertiary/aromatic N) is 1. The summed E-state index contributed by atoms with van der Waals surface area (Å²) < 4.78 is 0. The lowest BCUT2D eigenvalue weighted by atomic mass is 9.78. The molecule has 0 aromatic heterocycles. The van der Waals surface area contributed by atoms with Crippen LogP contribution in [0, 0.1) is 18.8 Å². The quantitative estimate of drug-likeness (QED) is 0.583. The van der Waals surface area contributed by atoms with E-state index < -0.39 is 0 Å². The highest BCUT2D eigenvalue weighted by Gasteiger charge is 2.49. The molecule has 0 N–H and O–H groups in total. The van der Waals surface area contributed by atoms with Crippen LogP contribution in [0.2, 0.25) is 5.02 Å². The van der Waals surface area contributed by atoms with Gasteiger partial charge in [0.15, 0.2) is 0 Å². The Morgan fingerprint density at radius 1 is 1.00 bits per heavy atom. The second-order valence-electron chi connectivity index (χ2n) is 6.08. The van der Waals surface area contributed by atoms with Crippen LogP contribution in [0.25, 0.3) is 0 Å². The van der Waals surface area contributed by atoms with Gasteiger partial charge in [0.1, 0.15) is 0 Å². The number of fused-ring (bicyclic) bond motifs is 1. The molecule has 0 unspecified atom stereocenters. The summed E-state index contributed by atoms with van der Waals surface area (Å²) in [6.07, 6.45) is 1.38. The van der Waals surface area contributed by atoms with Gasteiger partial charge in [-0.05, 0) is 51.3 Å². The number of halogens is 1. The minimum atomic E-state index is -0.209. The molecule has 2 amide bonds. The molecule has 1 aliphatic heterocycles. The first kappa shape index (κ1) is 14.3. The molecule has 21 heavy (non-hydrogen) atoms. The zero-order valence-electron chi connectivity index (χ0n) is 12.4. The number of imide groups is 1. The highest BCUT2D eigenvalue weighted by Crippen LogP contribution is 2.43. The van der Waals surface area contributed by atoms with E-state index in [1.54, 1.807) is 18.2 Å². The Balaban J connectivity index is 2.02. The monoisotopic (exact) mass is 303 g/mol. The first-order valence-corrected chi connectivity index (χ1v) is 7.57. The molecular weight excluding hydrogens is 286 g/mol. The Bertz CT molecular complexity index is 645. The number of allylic oxidation sites excluding steroid dienone is 2. The van der Waals surface area contributed by atoms with Crippen LogP contribution in [0.15, 0.2) is 29.3 Å². The molecule has 4 heteroatoms. The topological polar surface area (TPSA) is 37.4 Å². The number of benzene rings is 1. The third-order valence-electron chi connectivity index (χ3n) is 4.82. The van der Waals surface area contributed by atoms with Crippen molar-refractivity contribution in [3.8, 4) is 0 Å². The van der Waals surface area contributed by atoms with Gasteiger partial charge in [-0.2, -0.15) is 0 Å². The fourth-order valence-corrected chi connectivity index (χ4v) is 3.50. The highest BCUT2D eigenvalue weighted by molar-refractivity contribution is 6.32. The summed E-state index contributed by atoms with van der Waals surface area (Å²) in [6, 6.07) is 5.34. The largest absolute Gasteiger partial charge is 0.274 e. The van der Waals surface area contributed by atoms with Gasteiger partial charge in [0, 0.05) is 5.02 Å². The van der Waals surface area contributed by atoms with E-state index in [4.69, 9.17) is 11.6 Å². The van der Waals surface area contributed by atoms with Crippen molar-refractivity contribution in [3.05, 3.63) is 39.9 Å². The Morgan fingerprint density at radius 2 is 1.52 bits per heavy atom. The Kier molecular flexibility index (Phi) is 3.40. The van der Waals surface area contributed by atoms with Gasteiger partial charge in [-0.15, -0.1) is 0 Å². The predicted octanol–water partition coefficient (Wildman–Crippen LogP) is 3.88. The molecule has 3 rings (SSSR count). The van der Waals surface area contributed by atoms with Crippen molar-refractivity contribution in [1.82, 2.24) is 0 Å². The first-order chi connectivity index (χ1) is 9.91. The van der Waals surface area contributed by atoms with Crippen molar-refractivity contribution in [1.29, 1.82) is 0 Å². The molecule has 2 aliphatic rings. The van der Waals surface area contributed by atoms with Gasteiger partial charge in [0.05, 0.1) is 17.5 Å². The van der Waals surface area contributed by atoms with E-state index in [2.05, 4.69) is 13.8 Å². The maximum absolute atomic E-state index is 12.7. The molecule has 1 saturated heterocycles. The third kappa shape index (κ3) is 2.11. The van der Waals surface area contributed by atoms with Crippen LogP contribution < -0.4 is 4.90 Å². The lowest BCUT2D eigenvalue weighted by Gasteiger charge is -2.23. The van der Waals surface area contributed by atoms with Crippen molar-refractivity contribution in [3.63, 3.8) is 0 Å². The third-order valence-corrected chi connectivity index (χ3v) is 5.23. The lowest BCUT2D eigenvalue weighted by Crippen LogP contribution is -2.31. The normalized spacial score (nSPS) is 25.6. The molecule has 0 radical (unpaired) electrons. The fraction of sp³-hybridized carbons (Fsp3) is 0.412. The lowest BCUT2D eigenvalue weighted by molar-refractivity contribution is -0.122. The van der Waals surface area contributed by atoms with Crippen molar-refractivity contribution < 1.29 is 9.59 Å². The van der Waals surface area contributed by atoms with Crippen molar-refractivity contribution in [2.45, 2.75) is 33.6 Å². The standard InChI is InChI=1S/C17H18ClNO2/c1-9-7-12-13(8-10(9)2)17(21)19(16(12)20)15-6-4-5-14(18)11(15)3/h4-6,12-13H,7-8H2,1-3H3/t12-,13-/m1/s1. The number of rotatable bonds is 1. The molecule has 110 valence electrons. The van der Waals surface area contributed by atoms with Crippen LogP contribution in [0.4, 0.5) is 5.69 Å². The Morgan fingerprint density at radius 3 is 2.05 bits per heavy atom. The van der Waals surface area contributed by atoms with Gasteiger partial charge in [-0.1, -0.05) is 28.8 Å². The van der Waals surface area contributed by atoms with Crippen LogP contribution in [0.1, 0.15) is 32.3 Å². The van der Waals surface area contributed by atoms with E-state index in [0.717, 1.165) is 5.56 Å². The van der Waals surface area contributed by atoms with Gasteiger partial charge in [0.2, 0.25) is 11.8 Å². The minimum absolute atomic E-state index is 0.0813. The molecule has 1 aliphatic carbocycles. The van der Waals surface area contributed by atoms with Crippen molar-refractivity contribution >= 4 is 29.1 Å². The average Bonchev–Trinajstić information content (AvgIpc) is 2.67. The van der Waals surface area contributed by atoms with Crippen LogP contribution >= 0.6 is 11.6 Å². The van der Waals surface area contributed by atoms with E-state index in [0.29, 0.717) is 23.6 Å². The maximum atomic E-state index is 12.7. The Hall–Kier alpha value is -1.61. The van der Waals surface area contributed by atoms with Crippen molar-refractivity contribution in [2.24, 2.45) is 11.8 Å². The number of hydrogen-bond acceptors (Lipinski definition) is 2. The summed E-state index contributed by atoms with van der Waals surface area (Å²) in [6.45, 7) is 5.95. The van der Waals surface area contributed by atoms with E-state index >= 15 is 0 Å². The highest BCUT2D eigenvalue weighted by atomic mass is 35.5. The number of hydrogen-bond donors (Lipinski definition) is 0. The SMILES string of the molecule is CC1=C(C)C[C@H]2C(=O)N(c3cccc(Cl)c3C)C(=O)[C@@H]2C1. The molecule has 0 spiro atoms. The van der Waals surface area contributed by atoms with Crippen molar-refractivity contribution in [2.75, 3.05) is 4.90 Å². The smallest absolute Gasteiger partial charge is 0.238 e. The van der Waals surface area contributed by atoms with Crippen LogP contribution in [-0.2, 0) is 9.59 Å². The zero-order valence-corrected chi connectivity index (χ0v) is 13.2. The predicted molar refractivity (Wildman–Crippen MR) is 83.3 cm³/mol. The van der Waals surface area contributed by atoms with Gasteiger partial charge in [0.25, 0.3) is 0 Å². The van der Waals surface area contributed by atoms with E-state index in [1.807, 2.05) is 6.92 Å². The zero-order chi connectivity index (χ0) is 15.3. The number of carbonyl (C=O) groups excluding carboxylic acids is 2.